The van der Waals surface area contributed by atoms with Crippen LogP contribution in [0.2, 0.25) is 0 Å². The van der Waals surface area contributed by atoms with Crippen molar-refractivity contribution in [3.63, 3.8) is 0 Å². The number of hydrogen-bond acceptors (Lipinski definition) is 3. The van der Waals surface area contributed by atoms with Crippen LogP contribution < -0.4 is 5.32 Å². The number of amides is 1. The Morgan fingerprint density at radius 2 is 2.19 bits per heavy atom. The number of methoxy groups -OCH3 is 1. The first-order valence-electron chi connectivity index (χ1n) is 7.08. The number of nitrogens with zero attached hydrogens (tertiary/aromatic N) is 1. The van der Waals surface area contributed by atoms with Crippen LogP contribution in [-0.4, -0.2) is 50.2 Å². The summed E-state index contributed by atoms with van der Waals surface area (Å²) in [5.41, 5.74) is 0.327. The summed E-state index contributed by atoms with van der Waals surface area (Å²) in [6.07, 6.45) is 2.42. The molecule has 0 saturated carbocycles. The number of halogens is 2. The van der Waals surface area contributed by atoms with Gasteiger partial charge in [-0.15, -0.1) is 0 Å². The molecule has 1 aromatic rings. The van der Waals surface area contributed by atoms with Gasteiger partial charge in [-0.25, -0.2) is 4.39 Å². The smallest absolute Gasteiger partial charge is 0.252 e. The van der Waals surface area contributed by atoms with E-state index in [4.69, 9.17) is 4.74 Å². The topological polar surface area (TPSA) is 41.6 Å². The maximum Gasteiger partial charge on any atom is 0.252 e. The van der Waals surface area contributed by atoms with Crippen molar-refractivity contribution in [2.75, 3.05) is 33.3 Å². The minimum atomic E-state index is -0.412. The van der Waals surface area contributed by atoms with Crippen LogP contribution >= 0.6 is 15.9 Å². The van der Waals surface area contributed by atoms with Gasteiger partial charge in [0.2, 0.25) is 0 Å². The molecule has 0 bridgehead atoms. The van der Waals surface area contributed by atoms with E-state index in [1.165, 1.54) is 12.1 Å². The SMILES string of the molecule is COC1CCN(CCNC(=O)c2cc(F)ccc2Br)CC1. The molecule has 0 atom stereocenters. The van der Waals surface area contributed by atoms with Gasteiger partial charge in [0.1, 0.15) is 5.82 Å². The van der Waals surface area contributed by atoms with Crippen molar-refractivity contribution < 1.29 is 13.9 Å². The molecule has 116 valence electrons. The number of carbonyl (C=O) groups is 1. The number of piperidine rings is 1. The van der Waals surface area contributed by atoms with E-state index in [9.17, 15) is 9.18 Å². The Morgan fingerprint density at radius 3 is 2.86 bits per heavy atom. The highest BCUT2D eigenvalue weighted by molar-refractivity contribution is 9.10. The molecule has 1 aliphatic heterocycles. The maximum absolute atomic E-state index is 13.2. The predicted octanol–water partition coefficient (Wildman–Crippen LogP) is 2.43. The minimum Gasteiger partial charge on any atom is -0.381 e. The average Bonchev–Trinajstić information content (AvgIpc) is 2.50. The zero-order valence-electron chi connectivity index (χ0n) is 12.1. The van der Waals surface area contributed by atoms with E-state index in [-0.39, 0.29) is 5.91 Å². The number of carbonyl (C=O) groups excluding carboxylic acids is 1. The van der Waals surface area contributed by atoms with Crippen molar-refractivity contribution in [1.82, 2.24) is 10.2 Å². The van der Waals surface area contributed by atoms with Crippen molar-refractivity contribution in [1.29, 1.82) is 0 Å². The molecule has 6 heteroatoms. The second kappa shape index (κ2) is 7.87. The van der Waals surface area contributed by atoms with Gasteiger partial charge in [0.05, 0.1) is 11.7 Å². The Bertz CT molecular complexity index is 491. The number of hydrogen-bond donors (Lipinski definition) is 1. The van der Waals surface area contributed by atoms with E-state index < -0.39 is 5.82 Å². The van der Waals surface area contributed by atoms with Gasteiger partial charge in [-0.1, -0.05) is 0 Å². The van der Waals surface area contributed by atoms with Gasteiger partial charge in [0.25, 0.3) is 5.91 Å². The number of ether oxygens (including phenoxy) is 1. The first kappa shape index (κ1) is 16.4. The summed E-state index contributed by atoms with van der Waals surface area (Å²) >= 11 is 3.26. The molecule has 0 aliphatic carbocycles. The third-order valence-corrected chi connectivity index (χ3v) is 4.45. The molecule has 0 spiro atoms. The zero-order valence-corrected chi connectivity index (χ0v) is 13.7. The molecule has 4 nitrogen and oxygen atoms in total. The Morgan fingerprint density at radius 1 is 1.48 bits per heavy atom. The van der Waals surface area contributed by atoms with E-state index >= 15 is 0 Å². The summed E-state index contributed by atoms with van der Waals surface area (Å²) in [5.74, 6) is -0.668. The maximum atomic E-state index is 13.2. The van der Waals surface area contributed by atoms with Gasteiger partial charge in [-0.3, -0.25) is 4.79 Å². The summed E-state index contributed by atoms with van der Waals surface area (Å²) in [7, 11) is 1.75. The Kier molecular flexibility index (Phi) is 6.14. The van der Waals surface area contributed by atoms with Crippen LogP contribution in [0.5, 0.6) is 0 Å². The lowest BCUT2D eigenvalue weighted by Crippen LogP contribution is -2.41. The van der Waals surface area contributed by atoms with Crippen molar-refractivity contribution in [2.24, 2.45) is 0 Å². The van der Waals surface area contributed by atoms with Crippen LogP contribution in [0, 0.1) is 5.82 Å². The molecule has 0 radical (unpaired) electrons. The Labute approximate surface area is 132 Å². The van der Waals surface area contributed by atoms with Crippen LogP contribution in [0.4, 0.5) is 4.39 Å². The van der Waals surface area contributed by atoms with E-state index in [1.807, 2.05) is 0 Å². The van der Waals surface area contributed by atoms with Crippen molar-refractivity contribution in [3.05, 3.63) is 34.1 Å². The second-order valence-electron chi connectivity index (χ2n) is 5.16. The third kappa shape index (κ3) is 4.76. The standard InChI is InChI=1S/C15H20BrFN2O2/c1-21-12-4-7-19(8-5-12)9-6-18-15(20)13-10-11(17)2-3-14(13)16/h2-3,10,12H,4-9H2,1H3,(H,18,20). The normalized spacial score (nSPS) is 16.9. The molecular weight excluding hydrogens is 339 g/mol. The molecule has 1 aromatic carbocycles. The van der Waals surface area contributed by atoms with E-state index in [1.54, 1.807) is 13.2 Å². The molecule has 2 rings (SSSR count). The second-order valence-corrected chi connectivity index (χ2v) is 6.01. The molecule has 0 unspecified atom stereocenters. The van der Waals surface area contributed by atoms with E-state index in [0.29, 0.717) is 22.7 Å². The molecule has 21 heavy (non-hydrogen) atoms. The van der Waals surface area contributed by atoms with Gasteiger partial charge in [-0.2, -0.15) is 0 Å². The van der Waals surface area contributed by atoms with E-state index in [0.717, 1.165) is 32.5 Å². The van der Waals surface area contributed by atoms with Crippen molar-refractivity contribution >= 4 is 21.8 Å². The molecule has 1 saturated heterocycles. The van der Waals surface area contributed by atoms with Crippen LogP contribution in [0.3, 0.4) is 0 Å². The van der Waals surface area contributed by atoms with E-state index in [2.05, 4.69) is 26.1 Å². The summed E-state index contributed by atoms with van der Waals surface area (Å²) in [4.78, 5) is 14.3. The number of rotatable bonds is 5. The average molecular weight is 359 g/mol. The largest absolute Gasteiger partial charge is 0.381 e. The quantitative estimate of drug-likeness (QED) is 0.878. The Balaban J connectivity index is 1.76. The highest BCUT2D eigenvalue weighted by atomic mass is 79.9. The lowest BCUT2D eigenvalue weighted by Gasteiger charge is -2.31. The lowest BCUT2D eigenvalue weighted by molar-refractivity contribution is 0.0413. The predicted molar refractivity (Wildman–Crippen MR) is 82.9 cm³/mol. The first-order valence-corrected chi connectivity index (χ1v) is 7.88. The van der Waals surface area contributed by atoms with Crippen molar-refractivity contribution in [2.45, 2.75) is 18.9 Å². The molecule has 1 heterocycles. The summed E-state index contributed by atoms with van der Waals surface area (Å²) < 4.78 is 19.1. The van der Waals surface area contributed by atoms with Gasteiger partial charge in [0, 0.05) is 37.8 Å². The Hall–Kier alpha value is -0.980. The fourth-order valence-electron chi connectivity index (χ4n) is 2.46. The van der Waals surface area contributed by atoms with Crippen LogP contribution in [-0.2, 0) is 4.74 Å². The molecule has 1 amide bonds. The summed E-state index contributed by atoms with van der Waals surface area (Å²) in [5, 5.41) is 2.83. The molecular formula is C15H20BrFN2O2. The monoisotopic (exact) mass is 358 g/mol. The highest BCUT2D eigenvalue weighted by Crippen LogP contribution is 2.17. The number of likely N-dealkylation sites (tertiary alicyclic amines) is 1. The third-order valence-electron chi connectivity index (χ3n) is 3.75. The van der Waals surface area contributed by atoms with Crippen LogP contribution in [0.1, 0.15) is 23.2 Å². The highest BCUT2D eigenvalue weighted by Gasteiger charge is 2.18. The molecule has 1 aliphatic rings. The molecule has 1 fully saturated rings. The minimum absolute atomic E-state index is 0.256. The molecule has 0 aromatic heterocycles. The van der Waals surface area contributed by atoms with Gasteiger partial charge in [-0.05, 0) is 47.0 Å². The van der Waals surface area contributed by atoms with Gasteiger partial charge >= 0.3 is 0 Å². The van der Waals surface area contributed by atoms with Crippen LogP contribution in [0.25, 0.3) is 0 Å². The van der Waals surface area contributed by atoms with Gasteiger partial charge in [0.15, 0.2) is 0 Å². The number of nitrogens with one attached hydrogen (secondary N) is 1. The van der Waals surface area contributed by atoms with Gasteiger partial charge < -0.3 is 15.0 Å². The lowest BCUT2D eigenvalue weighted by atomic mass is 10.1. The summed E-state index contributed by atoms with van der Waals surface area (Å²) in [6, 6.07) is 4.10. The van der Waals surface area contributed by atoms with Crippen LogP contribution in [0.15, 0.2) is 22.7 Å². The first-order chi connectivity index (χ1) is 10.1. The molecule has 1 N–H and O–H groups in total. The number of benzene rings is 1. The fraction of sp³-hybridized carbons (Fsp3) is 0.533. The summed E-state index contributed by atoms with van der Waals surface area (Å²) in [6.45, 7) is 3.32. The van der Waals surface area contributed by atoms with Crippen molar-refractivity contribution in [3.8, 4) is 0 Å². The zero-order chi connectivity index (χ0) is 15.2. The fourth-order valence-corrected chi connectivity index (χ4v) is 2.89.